The lowest BCUT2D eigenvalue weighted by Gasteiger charge is -2.15. The molecule has 2 N–H and O–H groups in total. The molecule has 0 saturated heterocycles. The van der Waals surface area contributed by atoms with Crippen molar-refractivity contribution in [1.82, 2.24) is 0 Å². The number of benzene rings is 2. The van der Waals surface area contributed by atoms with E-state index in [9.17, 15) is 0 Å². The minimum absolute atomic E-state index is 0.140. The molecule has 2 aromatic carbocycles. The summed E-state index contributed by atoms with van der Waals surface area (Å²) in [5, 5.41) is 0.673. The van der Waals surface area contributed by atoms with E-state index in [1.807, 2.05) is 25.1 Å². The highest BCUT2D eigenvalue weighted by Crippen LogP contribution is 2.23. The van der Waals surface area contributed by atoms with Crippen molar-refractivity contribution in [2.75, 3.05) is 6.61 Å². The van der Waals surface area contributed by atoms with Crippen LogP contribution in [0.25, 0.3) is 0 Å². The molecule has 0 spiro atoms. The van der Waals surface area contributed by atoms with E-state index in [-0.39, 0.29) is 6.04 Å². The lowest BCUT2D eigenvalue weighted by atomic mass is 10.1. The first-order valence-corrected chi connectivity index (χ1v) is 7.21. The topological polar surface area (TPSA) is 35.2 Å². The van der Waals surface area contributed by atoms with Gasteiger partial charge in [0, 0.05) is 5.02 Å². The normalized spacial score (nSPS) is 12.2. The second-order valence-corrected chi connectivity index (χ2v) is 5.36. The molecule has 0 aliphatic rings. The predicted octanol–water partition coefficient (Wildman–Crippen LogP) is 4.29. The monoisotopic (exact) mass is 289 g/mol. The van der Waals surface area contributed by atoms with E-state index in [1.54, 1.807) is 0 Å². The molecule has 20 heavy (non-hydrogen) atoms. The van der Waals surface area contributed by atoms with E-state index in [4.69, 9.17) is 22.1 Å². The van der Waals surface area contributed by atoms with Crippen molar-refractivity contribution in [3.05, 3.63) is 64.2 Å². The van der Waals surface area contributed by atoms with Crippen LogP contribution in [0.4, 0.5) is 0 Å². The van der Waals surface area contributed by atoms with Gasteiger partial charge in [0.1, 0.15) is 12.4 Å². The first-order chi connectivity index (χ1) is 9.60. The van der Waals surface area contributed by atoms with Gasteiger partial charge in [-0.1, -0.05) is 48.9 Å². The maximum absolute atomic E-state index is 6.16. The third kappa shape index (κ3) is 3.75. The van der Waals surface area contributed by atoms with Crippen molar-refractivity contribution in [2.45, 2.75) is 26.3 Å². The largest absolute Gasteiger partial charge is 0.491 e. The Hall–Kier alpha value is -1.51. The molecule has 0 radical (unpaired) electrons. The summed E-state index contributed by atoms with van der Waals surface area (Å²) in [5.74, 6) is 0.790. The molecule has 0 aliphatic carbocycles. The molecular weight excluding hydrogens is 270 g/mol. The number of halogens is 1. The summed E-state index contributed by atoms with van der Waals surface area (Å²) in [6.45, 7) is 4.57. The van der Waals surface area contributed by atoms with Crippen molar-refractivity contribution < 1.29 is 4.74 Å². The molecule has 2 rings (SSSR count). The summed E-state index contributed by atoms with van der Waals surface area (Å²) in [7, 11) is 0. The van der Waals surface area contributed by atoms with Crippen LogP contribution in [0.2, 0.25) is 5.02 Å². The summed E-state index contributed by atoms with van der Waals surface area (Å²) in [5.41, 5.74) is 9.62. The highest BCUT2D eigenvalue weighted by atomic mass is 35.5. The minimum Gasteiger partial charge on any atom is -0.491 e. The Morgan fingerprint density at radius 2 is 1.85 bits per heavy atom. The summed E-state index contributed by atoms with van der Waals surface area (Å²) >= 11 is 5.97. The van der Waals surface area contributed by atoms with Gasteiger partial charge in [0.15, 0.2) is 0 Å². The summed E-state index contributed by atoms with van der Waals surface area (Å²) < 4.78 is 5.78. The van der Waals surface area contributed by atoms with Crippen LogP contribution in [-0.2, 0) is 6.42 Å². The maximum Gasteiger partial charge on any atom is 0.123 e. The zero-order chi connectivity index (χ0) is 14.5. The molecule has 0 amide bonds. The number of rotatable bonds is 5. The Kier molecular flexibility index (Phi) is 5.05. The highest BCUT2D eigenvalue weighted by Gasteiger charge is 2.08. The fourth-order valence-corrected chi connectivity index (χ4v) is 2.17. The molecule has 0 fully saturated rings. The Morgan fingerprint density at radius 3 is 2.50 bits per heavy atom. The van der Waals surface area contributed by atoms with E-state index < -0.39 is 0 Å². The van der Waals surface area contributed by atoms with Crippen molar-refractivity contribution in [1.29, 1.82) is 0 Å². The van der Waals surface area contributed by atoms with Crippen molar-refractivity contribution in [3.8, 4) is 5.75 Å². The van der Waals surface area contributed by atoms with E-state index in [0.29, 0.717) is 11.6 Å². The van der Waals surface area contributed by atoms with Crippen LogP contribution < -0.4 is 10.5 Å². The van der Waals surface area contributed by atoms with Crippen molar-refractivity contribution in [3.63, 3.8) is 0 Å². The second-order valence-electron chi connectivity index (χ2n) is 4.92. The molecule has 3 heteroatoms. The first kappa shape index (κ1) is 14.9. The summed E-state index contributed by atoms with van der Waals surface area (Å²) in [4.78, 5) is 0. The molecule has 0 saturated carbocycles. The zero-order valence-corrected chi connectivity index (χ0v) is 12.7. The van der Waals surface area contributed by atoms with Crippen LogP contribution >= 0.6 is 11.6 Å². The average molecular weight is 290 g/mol. The van der Waals surface area contributed by atoms with Crippen LogP contribution in [0, 0.1) is 6.92 Å². The number of hydrogen-bond donors (Lipinski definition) is 1. The second kappa shape index (κ2) is 6.78. The lowest BCUT2D eigenvalue weighted by Crippen LogP contribution is -2.19. The third-order valence-electron chi connectivity index (χ3n) is 3.38. The quantitative estimate of drug-likeness (QED) is 0.891. The number of nitrogens with two attached hydrogens (primary N) is 1. The predicted molar refractivity (Wildman–Crippen MR) is 84.4 cm³/mol. The third-order valence-corrected chi connectivity index (χ3v) is 3.62. The van der Waals surface area contributed by atoms with E-state index in [1.165, 1.54) is 5.56 Å². The molecule has 0 heterocycles. The van der Waals surface area contributed by atoms with Crippen LogP contribution in [0.5, 0.6) is 5.75 Å². The van der Waals surface area contributed by atoms with E-state index >= 15 is 0 Å². The Labute approximate surface area is 125 Å². The van der Waals surface area contributed by atoms with Gasteiger partial charge in [-0.25, -0.2) is 0 Å². The summed E-state index contributed by atoms with van der Waals surface area (Å²) in [6, 6.07) is 13.8. The standard InChI is InChI=1S/C17H20ClNO/c1-3-13-5-7-14(8-6-13)16(19)11-20-17-10-15(18)9-4-12(17)2/h4-10,16H,3,11,19H2,1-2H3. The fourth-order valence-electron chi connectivity index (χ4n) is 2.01. The Balaban J connectivity index is 2.00. The maximum atomic E-state index is 6.16. The van der Waals surface area contributed by atoms with Gasteiger partial charge >= 0.3 is 0 Å². The van der Waals surface area contributed by atoms with Gasteiger partial charge in [0.05, 0.1) is 6.04 Å². The average Bonchev–Trinajstić information content (AvgIpc) is 2.48. The van der Waals surface area contributed by atoms with Crippen LogP contribution in [0.1, 0.15) is 29.7 Å². The first-order valence-electron chi connectivity index (χ1n) is 6.83. The molecule has 0 aliphatic heterocycles. The van der Waals surface area contributed by atoms with Gasteiger partial charge in [-0.05, 0) is 42.2 Å². The fraction of sp³-hybridized carbons (Fsp3) is 0.294. The smallest absolute Gasteiger partial charge is 0.123 e. The van der Waals surface area contributed by atoms with E-state index in [0.717, 1.165) is 23.3 Å². The zero-order valence-electron chi connectivity index (χ0n) is 11.9. The van der Waals surface area contributed by atoms with Crippen LogP contribution in [0.3, 0.4) is 0 Å². The van der Waals surface area contributed by atoms with Gasteiger partial charge in [-0.3, -0.25) is 0 Å². The van der Waals surface area contributed by atoms with Crippen LogP contribution in [0.15, 0.2) is 42.5 Å². The van der Waals surface area contributed by atoms with Gasteiger partial charge in [0.2, 0.25) is 0 Å². The summed E-state index contributed by atoms with van der Waals surface area (Å²) in [6.07, 6.45) is 1.04. The number of aryl methyl sites for hydroxylation is 2. The van der Waals surface area contributed by atoms with Gasteiger partial charge < -0.3 is 10.5 Å². The molecular formula is C17H20ClNO. The highest BCUT2D eigenvalue weighted by molar-refractivity contribution is 6.30. The number of hydrogen-bond acceptors (Lipinski definition) is 2. The SMILES string of the molecule is CCc1ccc(C(N)COc2cc(Cl)ccc2C)cc1. The Bertz CT molecular complexity index is 566. The van der Waals surface area contributed by atoms with Crippen molar-refractivity contribution in [2.24, 2.45) is 5.73 Å². The van der Waals surface area contributed by atoms with Gasteiger partial charge in [-0.15, -0.1) is 0 Å². The van der Waals surface area contributed by atoms with Crippen molar-refractivity contribution >= 4 is 11.6 Å². The van der Waals surface area contributed by atoms with Crippen LogP contribution in [-0.4, -0.2) is 6.61 Å². The minimum atomic E-state index is -0.140. The van der Waals surface area contributed by atoms with Gasteiger partial charge in [-0.2, -0.15) is 0 Å². The molecule has 0 aromatic heterocycles. The van der Waals surface area contributed by atoms with Gasteiger partial charge in [0.25, 0.3) is 0 Å². The molecule has 2 aromatic rings. The molecule has 106 valence electrons. The number of ether oxygens (including phenoxy) is 1. The molecule has 0 bridgehead atoms. The van der Waals surface area contributed by atoms with E-state index in [2.05, 4.69) is 31.2 Å². The molecule has 1 unspecified atom stereocenters. The lowest BCUT2D eigenvalue weighted by molar-refractivity contribution is 0.289. The molecule has 2 nitrogen and oxygen atoms in total. The molecule has 1 atom stereocenters. The Morgan fingerprint density at radius 1 is 1.15 bits per heavy atom.